The van der Waals surface area contributed by atoms with Crippen LogP contribution in [0, 0.1) is 0 Å². The summed E-state index contributed by atoms with van der Waals surface area (Å²) in [6.07, 6.45) is 0.660. The first-order chi connectivity index (χ1) is 8.68. The summed E-state index contributed by atoms with van der Waals surface area (Å²) in [5.41, 5.74) is 2.56. The Labute approximate surface area is 112 Å². The van der Waals surface area contributed by atoms with E-state index in [2.05, 4.69) is 20.9 Å². The maximum atomic E-state index is 11.5. The van der Waals surface area contributed by atoms with Crippen molar-refractivity contribution < 1.29 is 14.6 Å². The van der Waals surface area contributed by atoms with Crippen LogP contribution in [0.15, 0.2) is 22.7 Å². The second-order valence-corrected chi connectivity index (χ2v) is 5.01. The van der Waals surface area contributed by atoms with Crippen molar-refractivity contribution in [3.63, 3.8) is 0 Å². The van der Waals surface area contributed by atoms with Gasteiger partial charge in [-0.2, -0.15) is 0 Å². The average Bonchev–Trinajstić information content (AvgIpc) is 2.36. The summed E-state index contributed by atoms with van der Waals surface area (Å²) in [5, 5.41) is 10.1. The maximum absolute atomic E-state index is 11.5. The van der Waals surface area contributed by atoms with E-state index in [1.807, 2.05) is 12.1 Å². The van der Waals surface area contributed by atoms with Crippen LogP contribution in [0.2, 0.25) is 0 Å². The van der Waals surface area contributed by atoms with Crippen LogP contribution in [0.25, 0.3) is 10.9 Å². The zero-order valence-electron chi connectivity index (χ0n) is 9.44. The van der Waals surface area contributed by atoms with Crippen molar-refractivity contribution in [2.45, 2.75) is 13.0 Å². The smallest absolute Gasteiger partial charge is 0.336 e. The van der Waals surface area contributed by atoms with Crippen LogP contribution < -0.4 is 0 Å². The molecule has 92 valence electrons. The molecule has 0 fully saturated rings. The molecule has 1 aromatic heterocycles. The fraction of sp³-hybridized carbons (Fsp3) is 0.231. The Bertz CT molecular complexity index is 654. The highest BCUT2D eigenvalue weighted by Gasteiger charge is 2.23. The van der Waals surface area contributed by atoms with Gasteiger partial charge in [0, 0.05) is 27.5 Å². The van der Waals surface area contributed by atoms with E-state index < -0.39 is 5.97 Å². The lowest BCUT2D eigenvalue weighted by Crippen LogP contribution is -2.17. The summed E-state index contributed by atoms with van der Waals surface area (Å²) < 4.78 is 6.17. The number of carboxylic acid groups (broad SMARTS) is 1. The van der Waals surface area contributed by atoms with E-state index in [1.165, 1.54) is 0 Å². The van der Waals surface area contributed by atoms with Crippen LogP contribution in [0.1, 0.15) is 21.6 Å². The Hall–Kier alpha value is -1.46. The van der Waals surface area contributed by atoms with Gasteiger partial charge in [-0.1, -0.05) is 12.1 Å². The summed E-state index contributed by atoms with van der Waals surface area (Å²) in [6, 6.07) is 5.47. The number of aromatic carboxylic acids is 1. The first-order valence-corrected chi connectivity index (χ1v) is 6.39. The largest absolute Gasteiger partial charge is 0.478 e. The lowest BCUT2D eigenvalue weighted by Gasteiger charge is -2.19. The van der Waals surface area contributed by atoms with Gasteiger partial charge in [-0.05, 0) is 22.0 Å². The van der Waals surface area contributed by atoms with Gasteiger partial charge in [0.05, 0.1) is 24.3 Å². The molecule has 1 aromatic carbocycles. The number of carbonyl (C=O) groups is 1. The highest BCUT2D eigenvalue weighted by Crippen LogP contribution is 2.30. The topological polar surface area (TPSA) is 59.4 Å². The Morgan fingerprint density at radius 2 is 2.28 bits per heavy atom. The monoisotopic (exact) mass is 307 g/mol. The molecule has 0 atom stereocenters. The molecular formula is C13H10BrNO3. The normalized spacial score (nSPS) is 14.5. The van der Waals surface area contributed by atoms with Gasteiger partial charge < -0.3 is 9.84 Å². The van der Waals surface area contributed by atoms with E-state index in [9.17, 15) is 9.90 Å². The van der Waals surface area contributed by atoms with E-state index >= 15 is 0 Å². The van der Waals surface area contributed by atoms with Crippen molar-refractivity contribution in [1.82, 2.24) is 4.98 Å². The van der Waals surface area contributed by atoms with Gasteiger partial charge in [0.25, 0.3) is 0 Å². The van der Waals surface area contributed by atoms with E-state index in [4.69, 9.17) is 4.74 Å². The quantitative estimate of drug-likeness (QED) is 0.880. The number of hydrogen-bond acceptors (Lipinski definition) is 3. The molecule has 0 aliphatic carbocycles. The van der Waals surface area contributed by atoms with Crippen LogP contribution in [-0.4, -0.2) is 22.7 Å². The Morgan fingerprint density at radius 3 is 3.06 bits per heavy atom. The van der Waals surface area contributed by atoms with Gasteiger partial charge in [0.1, 0.15) is 0 Å². The third kappa shape index (κ3) is 1.71. The van der Waals surface area contributed by atoms with Crippen LogP contribution in [0.3, 0.4) is 0 Å². The molecule has 1 N–H and O–H groups in total. The highest BCUT2D eigenvalue weighted by atomic mass is 79.9. The molecule has 0 saturated carbocycles. The maximum Gasteiger partial charge on any atom is 0.336 e. The van der Waals surface area contributed by atoms with Crippen LogP contribution in [0.4, 0.5) is 0 Å². The average molecular weight is 308 g/mol. The molecule has 0 spiro atoms. The number of fused-ring (bicyclic) bond motifs is 2. The SMILES string of the molecule is O=C(O)c1c2c(nc3c(Br)cccc13)CCOC2. The van der Waals surface area contributed by atoms with Gasteiger partial charge in [-0.3, -0.25) is 4.98 Å². The molecule has 0 bridgehead atoms. The minimum atomic E-state index is -0.928. The van der Waals surface area contributed by atoms with Crippen molar-refractivity contribution in [3.8, 4) is 0 Å². The number of para-hydroxylation sites is 1. The molecule has 2 aromatic rings. The van der Waals surface area contributed by atoms with Crippen LogP contribution in [0.5, 0.6) is 0 Å². The second-order valence-electron chi connectivity index (χ2n) is 4.16. The van der Waals surface area contributed by atoms with Crippen LogP contribution >= 0.6 is 15.9 Å². The molecule has 0 unspecified atom stereocenters. The summed E-state index contributed by atoms with van der Waals surface area (Å²) in [7, 11) is 0. The Morgan fingerprint density at radius 1 is 1.44 bits per heavy atom. The van der Waals surface area contributed by atoms with Crippen molar-refractivity contribution in [1.29, 1.82) is 0 Å². The summed E-state index contributed by atoms with van der Waals surface area (Å²) >= 11 is 3.42. The molecule has 5 heteroatoms. The first kappa shape index (κ1) is 11.6. The summed E-state index contributed by atoms with van der Waals surface area (Å²) in [4.78, 5) is 16.1. The standard InChI is InChI=1S/C13H10BrNO3/c14-9-3-1-2-7-11(13(16)17)8-6-18-5-4-10(8)15-12(7)9/h1-3H,4-6H2,(H,16,17). The third-order valence-electron chi connectivity index (χ3n) is 3.10. The molecule has 0 saturated heterocycles. The fourth-order valence-electron chi connectivity index (χ4n) is 2.29. The van der Waals surface area contributed by atoms with E-state index in [0.29, 0.717) is 41.7 Å². The molecule has 1 aliphatic heterocycles. The van der Waals surface area contributed by atoms with E-state index in [-0.39, 0.29) is 0 Å². The fourth-order valence-corrected chi connectivity index (χ4v) is 2.74. The van der Waals surface area contributed by atoms with Crippen molar-refractivity contribution in [2.75, 3.05) is 6.61 Å². The van der Waals surface area contributed by atoms with Crippen molar-refractivity contribution in [2.24, 2.45) is 0 Å². The lowest BCUT2D eigenvalue weighted by molar-refractivity contribution is 0.0683. The lowest BCUT2D eigenvalue weighted by atomic mass is 9.98. The van der Waals surface area contributed by atoms with Gasteiger partial charge in [0.15, 0.2) is 0 Å². The molecule has 0 radical (unpaired) electrons. The molecule has 4 nitrogen and oxygen atoms in total. The first-order valence-electron chi connectivity index (χ1n) is 5.59. The highest BCUT2D eigenvalue weighted by molar-refractivity contribution is 9.10. The molecule has 18 heavy (non-hydrogen) atoms. The Balaban J connectivity index is 2.44. The minimum Gasteiger partial charge on any atom is -0.478 e. The number of halogens is 1. The molecule has 0 amide bonds. The number of benzene rings is 1. The molecule has 3 rings (SSSR count). The number of ether oxygens (including phenoxy) is 1. The number of pyridine rings is 1. The predicted octanol–water partition coefficient (Wildman–Crippen LogP) is 2.77. The molecule has 1 aliphatic rings. The van der Waals surface area contributed by atoms with Gasteiger partial charge in [0.2, 0.25) is 0 Å². The summed E-state index contributed by atoms with van der Waals surface area (Å²) in [5.74, 6) is -0.928. The number of carboxylic acids is 1. The van der Waals surface area contributed by atoms with E-state index in [1.54, 1.807) is 6.07 Å². The van der Waals surface area contributed by atoms with Gasteiger partial charge in [-0.15, -0.1) is 0 Å². The minimum absolute atomic E-state index is 0.316. The molecular weight excluding hydrogens is 298 g/mol. The third-order valence-corrected chi connectivity index (χ3v) is 3.74. The number of aromatic nitrogens is 1. The van der Waals surface area contributed by atoms with Crippen molar-refractivity contribution in [3.05, 3.63) is 39.5 Å². The van der Waals surface area contributed by atoms with Gasteiger partial charge >= 0.3 is 5.97 Å². The molecule has 2 heterocycles. The van der Waals surface area contributed by atoms with E-state index in [0.717, 1.165) is 10.2 Å². The van der Waals surface area contributed by atoms with Gasteiger partial charge in [-0.25, -0.2) is 4.79 Å². The predicted molar refractivity (Wildman–Crippen MR) is 69.8 cm³/mol. The zero-order valence-corrected chi connectivity index (χ0v) is 11.0. The number of nitrogens with zero attached hydrogens (tertiary/aromatic N) is 1. The zero-order chi connectivity index (χ0) is 12.7. The number of rotatable bonds is 1. The second kappa shape index (κ2) is 4.33. The van der Waals surface area contributed by atoms with Crippen LogP contribution in [-0.2, 0) is 17.8 Å². The summed E-state index contributed by atoms with van der Waals surface area (Å²) in [6.45, 7) is 0.918. The van der Waals surface area contributed by atoms with Crippen molar-refractivity contribution >= 4 is 32.8 Å². The Kier molecular flexibility index (Phi) is 2.80. The number of hydrogen-bond donors (Lipinski definition) is 1.